The number of ether oxygens (including phenoxy) is 1. The van der Waals surface area contributed by atoms with Gasteiger partial charge in [0.2, 0.25) is 0 Å². The van der Waals surface area contributed by atoms with Crippen LogP contribution < -0.4 is 0 Å². The minimum atomic E-state index is -0.475. The predicted molar refractivity (Wildman–Crippen MR) is 96.5 cm³/mol. The average molecular weight is 347 g/mol. The lowest BCUT2D eigenvalue weighted by molar-refractivity contribution is -0.155. The number of thioether (sulfide) groups is 2. The first kappa shape index (κ1) is 19.9. The number of esters is 1. The SMILES string of the molecule is CCCCC1(CC(=O)CCC(=O)OC(C)(C)C)SCCCS1. The van der Waals surface area contributed by atoms with Gasteiger partial charge in [0, 0.05) is 12.8 Å². The molecule has 128 valence electrons. The van der Waals surface area contributed by atoms with Crippen LogP contribution in [0.3, 0.4) is 0 Å². The molecule has 5 heteroatoms. The molecule has 0 unspecified atom stereocenters. The Kier molecular flexibility index (Phi) is 8.33. The van der Waals surface area contributed by atoms with Crippen molar-refractivity contribution < 1.29 is 14.3 Å². The number of hydrogen-bond donors (Lipinski definition) is 0. The lowest BCUT2D eigenvalue weighted by Crippen LogP contribution is -2.29. The van der Waals surface area contributed by atoms with E-state index in [0.29, 0.717) is 12.8 Å². The molecule has 0 spiro atoms. The standard InChI is InChI=1S/C17H30O3S2/c1-5-6-10-17(21-11-7-12-22-17)13-14(18)8-9-15(19)20-16(2,3)4/h5-13H2,1-4H3. The largest absolute Gasteiger partial charge is 0.460 e. The Hall–Kier alpha value is -0.160. The third-order valence-corrected chi connectivity index (χ3v) is 6.87. The van der Waals surface area contributed by atoms with Gasteiger partial charge >= 0.3 is 5.97 Å². The van der Waals surface area contributed by atoms with Crippen molar-refractivity contribution in [2.45, 2.75) is 82.3 Å². The fourth-order valence-electron chi connectivity index (χ4n) is 2.42. The summed E-state index contributed by atoms with van der Waals surface area (Å²) >= 11 is 3.90. The number of ketones is 1. The molecule has 0 saturated carbocycles. The maximum absolute atomic E-state index is 12.3. The van der Waals surface area contributed by atoms with Gasteiger partial charge in [-0.1, -0.05) is 19.8 Å². The minimum Gasteiger partial charge on any atom is -0.460 e. The molecule has 1 heterocycles. The first-order valence-corrected chi connectivity index (χ1v) is 10.2. The van der Waals surface area contributed by atoms with Crippen molar-refractivity contribution in [1.29, 1.82) is 0 Å². The second-order valence-electron chi connectivity index (χ2n) is 6.87. The van der Waals surface area contributed by atoms with Crippen LogP contribution in [0.4, 0.5) is 0 Å². The van der Waals surface area contributed by atoms with Crippen LogP contribution in [0.1, 0.15) is 72.6 Å². The molecule has 1 aliphatic rings. The topological polar surface area (TPSA) is 43.4 Å². The third kappa shape index (κ3) is 7.91. The second-order valence-corrected chi connectivity index (χ2v) is 10.1. The predicted octanol–water partition coefficient (Wildman–Crippen LogP) is 4.82. The Bertz CT molecular complexity index is 369. The van der Waals surface area contributed by atoms with Gasteiger partial charge in [-0.25, -0.2) is 0 Å². The number of carbonyl (C=O) groups is 2. The molecular weight excluding hydrogens is 316 g/mol. The van der Waals surface area contributed by atoms with Gasteiger partial charge in [0.25, 0.3) is 0 Å². The maximum Gasteiger partial charge on any atom is 0.306 e. The number of hydrogen-bond acceptors (Lipinski definition) is 5. The summed E-state index contributed by atoms with van der Waals surface area (Å²) in [6.07, 6.45) is 5.75. The molecule has 3 nitrogen and oxygen atoms in total. The van der Waals surface area contributed by atoms with E-state index in [1.54, 1.807) is 0 Å². The van der Waals surface area contributed by atoms with E-state index in [4.69, 9.17) is 4.74 Å². The summed E-state index contributed by atoms with van der Waals surface area (Å²) in [7, 11) is 0. The van der Waals surface area contributed by atoms with Crippen LogP contribution >= 0.6 is 23.5 Å². The summed E-state index contributed by atoms with van der Waals surface area (Å²) in [6, 6.07) is 0. The van der Waals surface area contributed by atoms with Crippen LogP contribution in [-0.4, -0.2) is 32.9 Å². The van der Waals surface area contributed by atoms with Crippen molar-refractivity contribution in [1.82, 2.24) is 0 Å². The first-order valence-electron chi connectivity index (χ1n) is 8.28. The first-order chi connectivity index (χ1) is 10.3. The molecule has 0 aromatic heterocycles. The van der Waals surface area contributed by atoms with Gasteiger partial charge in [0.15, 0.2) is 0 Å². The van der Waals surface area contributed by atoms with Crippen molar-refractivity contribution >= 4 is 35.3 Å². The molecule has 0 aromatic rings. The summed E-state index contributed by atoms with van der Waals surface area (Å²) in [5.74, 6) is 2.22. The minimum absolute atomic E-state index is 0.0548. The molecule has 0 N–H and O–H groups in total. The lowest BCUT2D eigenvalue weighted by Gasteiger charge is -2.35. The summed E-state index contributed by atoms with van der Waals surface area (Å²) < 4.78 is 5.32. The maximum atomic E-state index is 12.3. The summed E-state index contributed by atoms with van der Waals surface area (Å²) in [5.41, 5.74) is -0.475. The molecule has 0 amide bonds. The van der Waals surface area contributed by atoms with E-state index in [1.165, 1.54) is 12.8 Å². The molecule has 1 saturated heterocycles. The Morgan fingerprint density at radius 2 is 1.77 bits per heavy atom. The highest BCUT2D eigenvalue weighted by molar-refractivity contribution is 8.18. The van der Waals surface area contributed by atoms with Crippen molar-refractivity contribution in [3.63, 3.8) is 0 Å². The fraction of sp³-hybridized carbons (Fsp3) is 0.882. The van der Waals surface area contributed by atoms with E-state index in [1.807, 2.05) is 44.3 Å². The fourth-order valence-corrected chi connectivity index (χ4v) is 5.86. The van der Waals surface area contributed by atoms with E-state index in [9.17, 15) is 9.59 Å². The third-order valence-electron chi connectivity index (χ3n) is 3.42. The zero-order valence-electron chi connectivity index (χ0n) is 14.4. The number of rotatable bonds is 8. The molecule has 1 fully saturated rings. The number of Topliss-reactive ketones (excluding diaryl/α,β-unsaturated/α-hetero) is 1. The van der Waals surface area contributed by atoms with Gasteiger partial charge < -0.3 is 4.74 Å². The molecule has 0 aliphatic carbocycles. The molecule has 0 aromatic carbocycles. The van der Waals surface area contributed by atoms with Crippen LogP contribution in [-0.2, 0) is 14.3 Å². The summed E-state index contributed by atoms with van der Waals surface area (Å²) in [5, 5.41) is 0. The molecular formula is C17H30O3S2. The zero-order valence-corrected chi connectivity index (χ0v) is 16.0. The van der Waals surface area contributed by atoms with E-state index in [-0.39, 0.29) is 22.3 Å². The smallest absolute Gasteiger partial charge is 0.306 e. The normalized spacial score (nSPS) is 18.0. The Balaban J connectivity index is 2.44. The second kappa shape index (κ2) is 9.21. The average Bonchev–Trinajstić information content (AvgIpc) is 2.42. The number of carbonyl (C=O) groups excluding carboxylic acids is 2. The van der Waals surface area contributed by atoms with Gasteiger partial charge in [0.1, 0.15) is 11.4 Å². The Morgan fingerprint density at radius 3 is 2.32 bits per heavy atom. The van der Waals surface area contributed by atoms with Crippen LogP contribution in [0.25, 0.3) is 0 Å². The molecule has 1 aliphatic heterocycles. The molecule has 22 heavy (non-hydrogen) atoms. The lowest BCUT2D eigenvalue weighted by atomic mass is 10.1. The monoisotopic (exact) mass is 346 g/mol. The van der Waals surface area contributed by atoms with Crippen molar-refractivity contribution in [2.24, 2.45) is 0 Å². The van der Waals surface area contributed by atoms with E-state index in [2.05, 4.69) is 6.92 Å². The van der Waals surface area contributed by atoms with Gasteiger partial charge in [0.05, 0.1) is 10.5 Å². The molecule has 0 radical (unpaired) electrons. The van der Waals surface area contributed by atoms with Crippen LogP contribution in [0, 0.1) is 0 Å². The van der Waals surface area contributed by atoms with E-state index >= 15 is 0 Å². The molecule has 0 atom stereocenters. The van der Waals surface area contributed by atoms with E-state index in [0.717, 1.165) is 24.3 Å². The van der Waals surface area contributed by atoms with E-state index < -0.39 is 5.60 Å². The highest BCUT2D eigenvalue weighted by Gasteiger charge is 2.35. The number of unbranched alkanes of at least 4 members (excludes halogenated alkanes) is 1. The Labute approximate surface area is 143 Å². The Morgan fingerprint density at radius 1 is 1.14 bits per heavy atom. The van der Waals surface area contributed by atoms with Crippen molar-refractivity contribution in [3.8, 4) is 0 Å². The quantitative estimate of drug-likeness (QED) is 0.589. The van der Waals surface area contributed by atoms with Crippen LogP contribution in [0.2, 0.25) is 0 Å². The van der Waals surface area contributed by atoms with Gasteiger partial charge in [-0.15, -0.1) is 23.5 Å². The van der Waals surface area contributed by atoms with Crippen molar-refractivity contribution in [3.05, 3.63) is 0 Å². The summed E-state index contributed by atoms with van der Waals surface area (Å²) in [4.78, 5) is 24.0. The molecule has 0 bridgehead atoms. The van der Waals surface area contributed by atoms with Gasteiger partial charge in [-0.2, -0.15) is 0 Å². The van der Waals surface area contributed by atoms with Crippen LogP contribution in [0.5, 0.6) is 0 Å². The highest BCUT2D eigenvalue weighted by atomic mass is 32.2. The van der Waals surface area contributed by atoms with Gasteiger partial charge in [-0.05, 0) is 45.1 Å². The summed E-state index contributed by atoms with van der Waals surface area (Å²) in [6.45, 7) is 7.74. The van der Waals surface area contributed by atoms with Crippen molar-refractivity contribution in [2.75, 3.05) is 11.5 Å². The highest BCUT2D eigenvalue weighted by Crippen LogP contribution is 2.48. The zero-order chi connectivity index (χ0) is 16.6. The molecule has 1 rings (SSSR count). The van der Waals surface area contributed by atoms with Crippen LogP contribution in [0.15, 0.2) is 0 Å². The van der Waals surface area contributed by atoms with Gasteiger partial charge in [-0.3, -0.25) is 9.59 Å².